The SMILES string of the molecule is O=c1c(O)c(CN2CCC(C3CCCCC3)CC2)ccn1Cc1ccccc1.O=c1c(O)c(CN2CCC(Cc3ccccc3)CC2)ccn1Cc1ccccc1.O=c1c(O)c(CN2CCC3(CC2)OCCO3)ccn1Cc1ccccc1.O=c1c(O)c(CN2CCCCC2)ccn1Cc1ccccc1.O=c1c(O)c(CN2CCCc3ccccc32)ccn1Cc1ccccc1. The Labute approximate surface area is 768 Å². The van der Waals surface area contributed by atoms with Gasteiger partial charge in [-0.15, -0.1) is 0 Å². The van der Waals surface area contributed by atoms with Crippen LogP contribution in [0.5, 0.6) is 28.7 Å². The van der Waals surface area contributed by atoms with Gasteiger partial charge in [0.15, 0.2) is 34.5 Å². The fourth-order valence-electron chi connectivity index (χ4n) is 19.5. The van der Waals surface area contributed by atoms with Gasteiger partial charge in [0.2, 0.25) is 0 Å². The second-order valence-electron chi connectivity index (χ2n) is 36.3. The van der Waals surface area contributed by atoms with E-state index in [1.807, 2.05) is 194 Å². The zero-order valence-corrected chi connectivity index (χ0v) is 75.6. The molecule has 19 rings (SSSR count). The van der Waals surface area contributed by atoms with Gasteiger partial charge in [0.25, 0.3) is 27.8 Å². The molecule has 5 saturated heterocycles. The highest BCUT2D eigenvalue weighted by molar-refractivity contribution is 5.56. The molecule has 0 radical (unpaired) electrons. The smallest absolute Gasteiger partial charge is 0.293 e. The molecule has 6 fully saturated rings. The van der Waals surface area contributed by atoms with Crippen molar-refractivity contribution < 1.29 is 35.0 Å². The maximum atomic E-state index is 12.6. The highest BCUT2D eigenvalue weighted by Gasteiger charge is 2.40. The largest absolute Gasteiger partial charge is 0.503 e. The monoisotopic (exact) mass is 1770 g/mol. The molecule has 0 unspecified atom stereocenters. The van der Waals surface area contributed by atoms with Crippen LogP contribution in [0.3, 0.4) is 0 Å². The molecular formula is C109H128N10O12. The zero-order chi connectivity index (χ0) is 90.7. The van der Waals surface area contributed by atoms with E-state index in [-0.39, 0.29) is 56.5 Å². The standard InChI is InChI=1S/C25H28N2O2.C24H32N2O2.C22H22N2O2.C20H24N2O4.C18H22N2O2/c28-24-23(13-16-27(25(24)29)18-22-9-5-2-6-10-22)19-26-14-11-21(12-15-26)17-20-7-3-1-4-8-20;27-23-22(13-16-26(24(23)28)17-19-7-3-1-4-8-19)18-25-14-11-21(12-15-25)20-9-5-2-6-10-20;25-21-19(16-23-13-6-10-18-9-4-5-11-20(18)23)12-14-24(22(21)26)15-17-7-2-1-3-8-17;23-18-17(15-21-10-7-20(8-11-21)25-12-13-26-20)6-9-22(19(18)24)14-16-4-2-1-3-5-16;21-17-16(14-19-10-5-2-6-11-19)9-12-20(18(17)22)13-15-7-3-1-4-8-15/h1-10,13,16,21,28H,11-12,14-15,17-19H2;1,3-4,7-8,13,16,20-21,27H,2,5-6,9-12,14-15,17-18H2;1-5,7-9,11-12,14,25H,6,10,13,15-16H2;1-6,9,23H,7-8,10-15H2;1,3-4,7-9,12,21H,2,5-6,10-11,13-14H2. The fourth-order valence-corrected chi connectivity index (χ4v) is 19.5. The molecule has 0 amide bonds. The molecular weight excluding hydrogens is 1640 g/mol. The van der Waals surface area contributed by atoms with Crippen LogP contribution in [0.4, 0.5) is 5.69 Å². The van der Waals surface area contributed by atoms with E-state index >= 15 is 0 Å². The Morgan fingerprint density at radius 3 is 0.939 bits per heavy atom. The van der Waals surface area contributed by atoms with Crippen molar-refractivity contribution in [3.05, 3.63) is 386 Å². The minimum absolute atomic E-state index is 0.0900. The summed E-state index contributed by atoms with van der Waals surface area (Å²) in [7, 11) is 0. The number of aromatic nitrogens is 5. The third-order valence-corrected chi connectivity index (χ3v) is 27.1. The predicted molar refractivity (Wildman–Crippen MR) is 516 cm³/mol. The number of fused-ring (bicyclic) bond motifs is 1. The Kier molecular flexibility index (Phi) is 33.3. The van der Waals surface area contributed by atoms with Gasteiger partial charge in [0.1, 0.15) is 0 Å². The van der Waals surface area contributed by atoms with Crippen LogP contribution in [-0.2, 0) is 87.8 Å². The van der Waals surface area contributed by atoms with Crippen LogP contribution in [0.1, 0.15) is 163 Å². The number of likely N-dealkylation sites (tertiary alicyclic amines) is 4. The Balaban J connectivity index is 0.000000126. The third-order valence-electron chi connectivity index (χ3n) is 27.1. The lowest BCUT2D eigenvalue weighted by atomic mass is 9.76. The molecule has 1 saturated carbocycles. The van der Waals surface area contributed by atoms with Gasteiger partial charge in [-0.3, -0.25) is 43.6 Å². The molecule has 5 N–H and O–H groups in total. The summed E-state index contributed by atoms with van der Waals surface area (Å²) in [5.74, 6) is 1.50. The minimum atomic E-state index is -0.405. The first-order valence-electron chi connectivity index (χ1n) is 47.3. The van der Waals surface area contributed by atoms with Crippen LogP contribution in [0.2, 0.25) is 0 Å². The van der Waals surface area contributed by atoms with E-state index in [1.165, 1.54) is 81.0 Å². The molecule has 7 aromatic carbocycles. The summed E-state index contributed by atoms with van der Waals surface area (Å²) in [6.07, 6.45) is 29.5. The molecule has 11 heterocycles. The number of piperidine rings is 4. The maximum Gasteiger partial charge on any atom is 0.293 e. The van der Waals surface area contributed by atoms with Crippen LogP contribution in [0.25, 0.3) is 0 Å². The van der Waals surface area contributed by atoms with Crippen LogP contribution in [0, 0.1) is 17.8 Å². The number of benzene rings is 7. The molecule has 12 aromatic rings. The van der Waals surface area contributed by atoms with Crippen molar-refractivity contribution in [2.75, 3.05) is 77.0 Å². The summed E-state index contributed by atoms with van der Waals surface area (Å²) in [4.78, 5) is 74.1. The van der Waals surface area contributed by atoms with Crippen molar-refractivity contribution in [3.63, 3.8) is 0 Å². The molecule has 7 aliphatic rings. The lowest BCUT2D eigenvalue weighted by Gasteiger charge is -2.37. The average molecular weight is 1770 g/mol. The quantitative estimate of drug-likeness (QED) is 0.0399. The normalized spacial score (nSPS) is 16.9. The van der Waals surface area contributed by atoms with Gasteiger partial charge in [-0.2, -0.15) is 0 Å². The van der Waals surface area contributed by atoms with E-state index in [0.29, 0.717) is 95.7 Å². The third kappa shape index (κ3) is 26.0. The number of anilines is 1. The summed E-state index contributed by atoms with van der Waals surface area (Å²) >= 11 is 0. The molecule has 0 atom stereocenters. The number of hydrogen-bond donors (Lipinski definition) is 5. The second-order valence-corrected chi connectivity index (χ2v) is 36.3. The number of para-hydroxylation sites is 1. The van der Waals surface area contributed by atoms with Gasteiger partial charge in [-0.1, -0.05) is 239 Å². The molecule has 0 bridgehead atoms. The van der Waals surface area contributed by atoms with Crippen LogP contribution in [-0.4, -0.2) is 146 Å². The highest BCUT2D eigenvalue weighted by Crippen LogP contribution is 2.38. The van der Waals surface area contributed by atoms with E-state index < -0.39 is 5.79 Å². The molecule has 6 aliphatic heterocycles. The molecule has 5 aromatic heterocycles. The van der Waals surface area contributed by atoms with E-state index in [0.717, 1.165) is 160 Å². The van der Waals surface area contributed by atoms with Gasteiger partial charge in [-0.25, -0.2) is 0 Å². The first-order chi connectivity index (χ1) is 64.0. The molecule has 22 nitrogen and oxygen atoms in total. The number of rotatable bonds is 23. The summed E-state index contributed by atoms with van der Waals surface area (Å²) in [6, 6.07) is 77.5. The lowest BCUT2D eigenvalue weighted by molar-refractivity contribution is -0.185. The van der Waals surface area contributed by atoms with Crippen molar-refractivity contribution in [1.29, 1.82) is 0 Å². The van der Waals surface area contributed by atoms with Gasteiger partial charge in [-0.05, 0) is 190 Å². The summed E-state index contributed by atoms with van der Waals surface area (Å²) in [5.41, 5.74) is 11.1. The summed E-state index contributed by atoms with van der Waals surface area (Å²) < 4.78 is 19.3. The Morgan fingerprint density at radius 1 is 0.275 bits per heavy atom. The van der Waals surface area contributed by atoms with Gasteiger partial charge >= 0.3 is 0 Å². The predicted octanol–water partition coefficient (Wildman–Crippen LogP) is 16.5. The Hall–Kier alpha value is -12.2. The van der Waals surface area contributed by atoms with E-state index in [2.05, 4.69) is 73.0 Å². The van der Waals surface area contributed by atoms with E-state index in [1.54, 1.807) is 47.6 Å². The lowest BCUT2D eigenvalue weighted by Crippen LogP contribution is -2.44. The number of aromatic hydroxyl groups is 5. The van der Waals surface area contributed by atoms with Gasteiger partial charge < -0.3 is 62.7 Å². The first kappa shape index (κ1) is 93.5. The Morgan fingerprint density at radius 2 is 0.573 bits per heavy atom. The zero-order valence-electron chi connectivity index (χ0n) is 75.6. The topological polar surface area (TPSA) is 246 Å². The van der Waals surface area contributed by atoms with Crippen molar-refractivity contribution in [3.8, 4) is 28.7 Å². The summed E-state index contributed by atoms with van der Waals surface area (Å²) in [6.45, 7) is 15.6. The van der Waals surface area contributed by atoms with E-state index in [9.17, 15) is 49.5 Å². The summed E-state index contributed by atoms with van der Waals surface area (Å²) in [5, 5.41) is 52.0. The molecule has 1 spiro atoms. The van der Waals surface area contributed by atoms with Crippen molar-refractivity contribution in [2.45, 2.75) is 180 Å². The first-order valence-corrected chi connectivity index (χ1v) is 47.3. The second kappa shape index (κ2) is 46.6. The van der Waals surface area contributed by atoms with Crippen molar-refractivity contribution in [2.24, 2.45) is 17.8 Å². The number of pyridine rings is 5. The van der Waals surface area contributed by atoms with Crippen LogP contribution < -0.4 is 32.7 Å². The number of hydrogen-bond acceptors (Lipinski definition) is 17. The fraction of sp³-hybridized carbons (Fsp3) is 0.385. The van der Waals surface area contributed by atoms with Gasteiger partial charge in [0.05, 0.1) is 45.9 Å². The van der Waals surface area contributed by atoms with E-state index in [4.69, 9.17) is 9.47 Å². The van der Waals surface area contributed by atoms with Crippen molar-refractivity contribution >= 4 is 5.69 Å². The maximum absolute atomic E-state index is 12.6. The molecule has 1 aliphatic carbocycles. The number of ether oxygens (including phenoxy) is 2. The van der Waals surface area contributed by atoms with Crippen molar-refractivity contribution in [1.82, 2.24) is 42.4 Å². The Bertz CT molecular complexity index is 5910. The van der Waals surface area contributed by atoms with Crippen LogP contribution >= 0.6 is 0 Å². The number of nitrogens with zero attached hydrogens (tertiary/aromatic N) is 10. The minimum Gasteiger partial charge on any atom is -0.503 e. The molecule has 686 valence electrons. The molecule has 22 heteroatoms. The average Bonchev–Trinajstić information content (AvgIpc) is 1.66. The number of aryl methyl sites for hydroxylation is 1. The van der Waals surface area contributed by atoms with Crippen LogP contribution in [0.15, 0.2) is 292 Å². The highest BCUT2D eigenvalue weighted by atomic mass is 16.7. The van der Waals surface area contributed by atoms with Gasteiger partial charge in [0, 0.05) is 130 Å². The molecule has 131 heavy (non-hydrogen) atoms.